The fourth-order valence-electron chi connectivity index (χ4n) is 0.976. The molecule has 0 unspecified atom stereocenters. The molecule has 0 fully saturated rings. The van der Waals surface area contributed by atoms with Crippen LogP contribution in [0, 0.1) is 6.92 Å². The lowest BCUT2D eigenvalue weighted by Gasteiger charge is -2.11. The summed E-state index contributed by atoms with van der Waals surface area (Å²) in [6.45, 7) is 1.33. The molecule has 8 heteroatoms. The topological polar surface area (TPSA) is 59.4 Å². The van der Waals surface area contributed by atoms with Gasteiger partial charge < -0.3 is 9.84 Å². The maximum Gasteiger partial charge on any atom is 0.573 e. The van der Waals surface area contributed by atoms with Crippen molar-refractivity contribution >= 4 is 16.8 Å². The van der Waals surface area contributed by atoms with Gasteiger partial charge in [0.05, 0.1) is 0 Å². The number of hydrogen-bond donors (Lipinski definition) is 1. The van der Waals surface area contributed by atoms with Crippen LogP contribution in [0.15, 0.2) is 6.07 Å². The van der Waals surface area contributed by atoms with Gasteiger partial charge in [0, 0.05) is 11.8 Å². The van der Waals surface area contributed by atoms with Gasteiger partial charge in [-0.2, -0.15) is 0 Å². The van der Waals surface area contributed by atoms with Crippen molar-refractivity contribution in [1.82, 2.24) is 4.98 Å². The summed E-state index contributed by atoms with van der Waals surface area (Å²) in [6, 6.07) is 0.839. The van der Waals surface area contributed by atoms with Crippen molar-refractivity contribution in [2.75, 3.05) is 0 Å². The molecule has 0 bridgehead atoms. The van der Waals surface area contributed by atoms with Crippen LogP contribution >= 0.6 is 11.6 Å². The summed E-state index contributed by atoms with van der Waals surface area (Å²) in [7, 11) is 0. The lowest BCUT2D eigenvalue weighted by Crippen LogP contribution is -2.18. The highest BCUT2D eigenvalue weighted by molar-refractivity contribution is 6.67. The van der Waals surface area contributed by atoms with Crippen molar-refractivity contribution in [3.05, 3.63) is 17.5 Å². The zero-order chi connectivity index (χ0) is 12.5. The van der Waals surface area contributed by atoms with E-state index in [9.17, 15) is 23.1 Å². The minimum Gasteiger partial charge on any atom is -0.503 e. The van der Waals surface area contributed by atoms with Crippen molar-refractivity contribution in [2.45, 2.75) is 13.3 Å². The van der Waals surface area contributed by atoms with E-state index in [1.807, 2.05) is 0 Å². The number of ether oxygens (including phenoxy) is 1. The second-order valence-electron chi connectivity index (χ2n) is 2.78. The van der Waals surface area contributed by atoms with E-state index < -0.39 is 28.8 Å². The highest BCUT2D eigenvalue weighted by atomic mass is 35.5. The zero-order valence-corrected chi connectivity index (χ0v) is 8.56. The first-order valence-corrected chi connectivity index (χ1v) is 4.24. The van der Waals surface area contributed by atoms with Gasteiger partial charge in [0.25, 0.3) is 5.24 Å². The summed E-state index contributed by atoms with van der Waals surface area (Å²) < 4.78 is 39.2. The van der Waals surface area contributed by atoms with Crippen LogP contribution in [0.5, 0.6) is 11.5 Å². The number of aromatic nitrogens is 1. The monoisotopic (exact) mass is 255 g/mol. The number of carbonyl (C=O) groups excluding carboxylic acids is 1. The molecule has 0 aromatic carbocycles. The highest BCUT2D eigenvalue weighted by Gasteiger charge is 2.33. The van der Waals surface area contributed by atoms with Crippen molar-refractivity contribution in [3.63, 3.8) is 0 Å². The highest BCUT2D eigenvalue weighted by Crippen LogP contribution is 2.34. The molecule has 0 aliphatic carbocycles. The molecule has 0 spiro atoms. The quantitative estimate of drug-likeness (QED) is 0.824. The van der Waals surface area contributed by atoms with Crippen LogP contribution in [-0.2, 0) is 0 Å². The van der Waals surface area contributed by atoms with E-state index in [2.05, 4.69) is 9.72 Å². The second kappa shape index (κ2) is 4.17. The third-order valence-corrected chi connectivity index (χ3v) is 1.68. The maximum absolute atomic E-state index is 11.9. The van der Waals surface area contributed by atoms with E-state index in [0.29, 0.717) is 0 Å². The van der Waals surface area contributed by atoms with Crippen LogP contribution in [0.4, 0.5) is 13.2 Å². The van der Waals surface area contributed by atoms with Crippen LogP contribution in [0.25, 0.3) is 0 Å². The Kier molecular flexibility index (Phi) is 3.27. The van der Waals surface area contributed by atoms with Gasteiger partial charge in [-0.1, -0.05) is 0 Å². The standard InChI is InChI=1S/C8H5ClF3NO3/c1-3-2-4(16-8(10,11)12)6(14)5(13-3)7(9)15/h2,14H,1H3. The molecule has 0 aliphatic heterocycles. The van der Waals surface area contributed by atoms with Crippen LogP contribution in [0.3, 0.4) is 0 Å². The molecule has 0 atom stereocenters. The molecule has 16 heavy (non-hydrogen) atoms. The molecule has 0 saturated heterocycles. The predicted octanol–water partition coefficient (Wildman–Crippen LogP) is 2.37. The minimum absolute atomic E-state index is 0.0565. The number of hydrogen-bond acceptors (Lipinski definition) is 4. The van der Waals surface area contributed by atoms with E-state index in [4.69, 9.17) is 11.6 Å². The van der Waals surface area contributed by atoms with Crippen molar-refractivity contribution < 1.29 is 27.8 Å². The summed E-state index contributed by atoms with van der Waals surface area (Å²) >= 11 is 5.03. The Morgan fingerprint density at radius 2 is 2.12 bits per heavy atom. The van der Waals surface area contributed by atoms with Crippen LogP contribution in [-0.4, -0.2) is 21.7 Å². The SMILES string of the molecule is Cc1cc(OC(F)(F)F)c(O)c(C(=O)Cl)n1. The molecular weight excluding hydrogens is 251 g/mol. The summed E-state index contributed by atoms with van der Waals surface area (Å²) in [4.78, 5) is 14.2. The minimum atomic E-state index is -4.97. The number of aromatic hydroxyl groups is 1. The predicted molar refractivity (Wildman–Crippen MR) is 47.5 cm³/mol. The lowest BCUT2D eigenvalue weighted by atomic mass is 10.2. The average molecular weight is 256 g/mol. The van der Waals surface area contributed by atoms with E-state index >= 15 is 0 Å². The van der Waals surface area contributed by atoms with Crippen molar-refractivity contribution in [3.8, 4) is 11.5 Å². The molecule has 1 aromatic heterocycles. The average Bonchev–Trinajstić information content (AvgIpc) is 2.07. The fraction of sp³-hybridized carbons (Fsp3) is 0.250. The first-order chi connectivity index (χ1) is 7.20. The van der Waals surface area contributed by atoms with Gasteiger partial charge in [0.2, 0.25) is 0 Å². The normalized spacial score (nSPS) is 11.3. The Morgan fingerprint density at radius 1 is 1.56 bits per heavy atom. The van der Waals surface area contributed by atoms with Crippen LogP contribution < -0.4 is 4.74 Å². The molecule has 4 nitrogen and oxygen atoms in total. The van der Waals surface area contributed by atoms with E-state index in [0.717, 1.165) is 6.07 Å². The number of aryl methyl sites for hydroxylation is 1. The molecule has 88 valence electrons. The van der Waals surface area contributed by atoms with Gasteiger partial charge in [0.1, 0.15) is 0 Å². The Morgan fingerprint density at radius 3 is 2.56 bits per heavy atom. The molecule has 1 N–H and O–H groups in total. The Bertz CT molecular complexity index is 433. The van der Waals surface area contributed by atoms with Crippen molar-refractivity contribution in [2.24, 2.45) is 0 Å². The molecule has 1 aromatic rings. The van der Waals surface area contributed by atoms with Gasteiger partial charge in [-0.25, -0.2) is 4.98 Å². The van der Waals surface area contributed by atoms with Crippen molar-refractivity contribution in [1.29, 1.82) is 0 Å². The van der Waals surface area contributed by atoms with E-state index in [-0.39, 0.29) is 5.69 Å². The molecule has 0 radical (unpaired) electrons. The Hall–Kier alpha value is -1.50. The first kappa shape index (κ1) is 12.6. The number of carbonyl (C=O) groups is 1. The van der Waals surface area contributed by atoms with Crippen LogP contribution in [0.2, 0.25) is 0 Å². The largest absolute Gasteiger partial charge is 0.573 e. The molecular formula is C8H5ClF3NO3. The molecule has 1 heterocycles. The molecule has 0 amide bonds. The summed E-state index contributed by atoms with van der Waals surface area (Å²) in [5.41, 5.74) is -0.623. The fourth-order valence-corrected chi connectivity index (χ4v) is 1.11. The van der Waals surface area contributed by atoms with Crippen LogP contribution in [0.1, 0.15) is 16.2 Å². The van der Waals surface area contributed by atoms with Gasteiger partial charge in [-0.15, -0.1) is 13.2 Å². The third kappa shape index (κ3) is 2.99. The van der Waals surface area contributed by atoms with Gasteiger partial charge in [0.15, 0.2) is 17.2 Å². The first-order valence-electron chi connectivity index (χ1n) is 3.87. The number of rotatable bonds is 2. The zero-order valence-electron chi connectivity index (χ0n) is 7.80. The number of alkyl halides is 3. The van der Waals surface area contributed by atoms with Gasteiger partial charge in [-0.05, 0) is 18.5 Å². The number of pyridine rings is 1. The summed E-state index contributed by atoms with van der Waals surface area (Å²) in [6.07, 6.45) is -4.97. The smallest absolute Gasteiger partial charge is 0.503 e. The van der Waals surface area contributed by atoms with Gasteiger partial charge in [-0.3, -0.25) is 4.79 Å². The number of nitrogens with zero attached hydrogens (tertiary/aromatic N) is 1. The number of halogens is 4. The Labute approximate surface area is 92.6 Å². The van der Waals surface area contributed by atoms with E-state index in [1.54, 1.807) is 0 Å². The lowest BCUT2D eigenvalue weighted by molar-refractivity contribution is -0.275. The maximum atomic E-state index is 11.9. The molecule has 0 saturated carbocycles. The molecule has 1 rings (SSSR count). The Balaban J connectivity index is 3.25. The summed E-state index contributed by atoms with van der Waals surface area (Å²) in [5.74, 6) is -1.95. The molecule has 0 aliphatic rings. The third-order valence-electron chi connectivity index (χ3n) is 1.50. The summed E-state index contributed by atoms with van der Waals surface area (Å²) in [5, 5.41) is 8.08. The van der Waals surface area contributed by atoms with E-state index in [1.165, 1.54) is 6.92 Å². The second-order valence-corrected chi connectivity index (χ2v) is 3.12. The van der Waals surface area contributed by atoms with Gasteiger partial charge >= 0.3 is 6.36 Å².